The maximum atomic E-state index is 7.23. The summed E-state index contributed by atoms with van der Waals surface area (Å²) in [5.41, 5.74) is 19.1. The lowest BCUT2D eigenvalue weighted by atomic mass is 9.86. The minimum Gasteiger partial charge on any atom is -0.455 e. The van der Waals surface area contributed by atoms with Crippen molar-refractivity contribution >= 4 is 65.3 Å². The van der Waals surface area contributed by atoms with Gasteiger partial charge in [-0.15, -0.1) is 0 Å². The lowest BCUT2D eigenvalue weighted by Gasteiger charge is -2.18. The number of nitrogens with zero attached hydrogens (tertiary/aromatic N) is 1. The summed E-state index contributed by atoms with van der Waals surface area (Å²) >= 11 is 0. The predicted molar refractivity (Wildman–Crippen MR) is 296 cm³/mol. The molecule has 0 N–H and O–H groups in total. The number of benzene rings is 12. The molecule has 12 aromatic carbocycles. The Hall–Kier alpha value is -9.24. The Morgan fingerprint density at radius 2 is 0.614 bits per heavy atom. The third-order valence-electron chi connectivity index (χ3n) is 14.4. The highest BCUT2D eigenvalue weighted by Crippen LogP contribution is 2.47. The first-order valence-corrected chi connectivity index (χ1v) is 24.1. The maximum absolute atomic E-state index is 7.23. The van der Waals surface area contributed by atoms with Crippen LogP contribution in [0.25, 0.3) is 138 Å². The first-order valence-electron chi connectivity index (χ1n) is 24.1. The summed E-state index contributed by atoms with van der Waals surface area (Å²) in [5, 5.41) is 9.61. The molecular formula is C68H43NO. The van der Waals surface area contributed by atoms with E-state index < -0.39 is 0 Å². The van der Waals surface area contributed by atoms with Crippen LogP contribution in [0, 0.1) is 0 Å². The fraction of sp³-hybridized carbons (Fsp3) is 0. The van der Waals surface area contributed by atoms with Gasteiger partial charge in [-0.3, -0.25) is 0 Å². The van der Waals surface area contributed by atoms with E-state index in [1.165, 1.54) is 65.7 Å². The largest absolute Gasteiger partial charge is 0.455 e. The first kappa shape index (κ1) is 39.9. The smallest absolute Gasteiger partial charge is 0.143 e. The zero-order valence-corrected chi connectivity index (χ0v) is 38.2. The number of aromatic nitrogens is 1. The molecule has 70 heavy (non-hydrogen) atoms. The number of fused-ring (bicyclic) bond motifs is 8. The molecule has 14 aromatic rings. The van der Waals surface area contributed by atoms with E-state index in [4.69, 9.17) is 4.42 Å². The van der Waals surface area contributed by atoms with Crippen LogP contribution in [-0.2, 0) is 0 Å². The second-order valence-electron chi connectivity index (χ2n) is 18.3. The predicted octanol–water partition coefficient (Wildman–Crippen LogP) is 19.0. The van der Waals surface area contributed by atoms with Crippen LogP contribution in [0.2, 0.25) is 0 Å². The second-order valence-corrected chi connectivity index (χ2v) is 18.3. The van der Waals surface area contributed by atoms with Crippen molar-refractivity contribution < 1.29 is 4.42 Å². The van der Waals surface area contributed by atoms with Crippen molar-refractivity contribution in [3.8, 4) is 72.4 Å². The number of furan rings is 1. The van der Waals surface area contributed by atoms with Crippen molar-refractivity contribution in [1.82, 2.24) is 4.57 Å². The van der Waals surface area contributed by atoms with Gasteiger partial charge in [0, 0.05) is 38.4 Å². The molecule has 0 fully saturated rings. The van der Waals surface area contributed by atoms with Crippen LogP contribution in [0.5, 0.6) is 0 Å². The van der Waals surface area contributed by atoms with Gasteiger partial charge in [-0.2, -0.15) is 0 Å². The van der Waals surface area contributed by atoms with Crippen LogP contribution < -0.4 is 0 Å². The summed E-state index contributed by atoms with van der Waals surface area (Å²) in [4.78, 5) is 0. The Labute approximate surface area is 405 Å². The van der Waals surface area contributed by atoms with Crippen molar-refractivity contribution in [2.45, 2.75) is 0 Å². The highest BCUT2D eigenvalue weighted by atomic mass is 16.3. The van der Waals surface area contributed by atoms with Gasteiger partial charge in [0.2, 0.25) is 0 Å². The summed E-state index contributed by atoms with van der Waals surface area (Å²) in [6.07, 6.45) is 0. The number of hydrogen-bond donors (Lipinski definition) is 0. The molecule has 0 bridgehead atoms. The zero-order chi connectivity index (χ0) is 46.1. The molecule has 0 spiro atoms. The van der Waals surface area contributed by atoms with Gasteiger partial charge >= 0.3 is 0 Å². The van der Waals surface area contributed by atoms with E-state index in [0.717, 1.165) is 72.1 Å². The van der Waals surface area contributed by atoms with Crippen LogP contribution in [0.1, 0.15) is 0 Å². The molecule has 14 rings (SSSR count). The molecule has 0 aliphatic heterocycles. The van der Waals surface area contributed by atoms with Crippen LogP contribution in [0.4, 0.5) is 0 Å². The standard InChI is InChI=1S/C68H43NO/c1-5-19-44(20-6-1)50-39-59(46-23-9-3-10-24-46)67-61(41-50)62-42-51(45-21-7-2-8-22-45)40-60(68(62)70-67)49-35-38-54-53-27-17-18-32-63(53)69(64(54)43-49)52-36-33-48(34-37-52)66-57-30-15-13-28-55(57)65(47-25-11-4-12-26-47)56-29-14-16-31-58(56)66/h1-43H. The van der Waals surface area contributed by atoms with Gasteiger partial charge in [-0.25, -0.2) is 0 Å². The van der Waals surface area contributed by atoms with Crippen LogP contribution in [0.15, 0.2) is 265 Å². The van der Waals surface area contributed by atoms with Crippen molar-refractivity contribution in [2.75, 3.05) is 0 Å². The van der Waals surface area contributed by atoms with Crippen molar-refractivity contribution in [3.05, 3.63) is 261 Å². The molecule has 0 atom stereocenters. The van der Waals surface area contributed by atoms with E-state index >= 15 is 0 Å². The fourth-order valence-electron chi connectivity index (χ4n) is 11.2. The number of para-hydroxylation sites is 1. The quantitative estimate of drug-likeness (QED) is 0.146. The van der Waals surface area contributed by atoms with Gasteiger partial charge in [0.15, 0.2) is 0 Å². The molecule has 0 amide bonds. The molecule has 2 aromatic heterocycles. The molecule has 0 radical (unpaired) electrons. The van der Waals surface area contributed by atoms with Crippen molar-refractivity contribution in [2.24, 2.45) is 0 Å². The average Bonchev–Trinajstić information content (AvgIpc) is 3.98. The van der Waals surface area contributed by atoms with E-state index in [0.29, 0.717) is 0 Å². The Kier molecular flexibility index (Phi) is 9.25. The molecule has 0 aliphatic rings. The third kappa shape index (κ3) is 6.42. The number of hydrogen-bond acceptors (Lipinski definition) is 1. The molecule has 0 unspecified atom stereocenters. The third-order valence-corrected chi connectivity index (χ3v) is 14.4. The monoisotopic (exact) mass is 889 g/mol. The molecule has 0 saturated carbocycles. The van der Waals surface area contributed by atoms with E-state index in [1.54, 1.807) is 0 Å². The summed E-state index contributed by atoms with van der Waals surface area (Å²) in [7, 11) is 0. The van der Waals surface area contributed by atoms with E-state index in [2.05, 4.69) is 265 Å². The molecule has 2 heteroatoms. The zero-order valence-electron chi connectivity index (χ0n) is 38.2. The number of rotatable bonds is 7. The Balaban J connectivity index is 0.978. The lowest BCUT2D eigenvalue weighted by molar-refractivity contribution is 0.671. The summed E-state index contributed by atoms with van der Waals surface area (Å²) < 4.78 is 9.67. The van der Waals surface area contributed by atoms with Gasteiger partial charge in [-0.05, 0) is 126 Å². The van der Waals surface area contributed by atoms with E-state index in [-0.39, 0.29) is 0 Å². The fourth-order valence-corrected chi connectivity index (χ4v) is 11.2. The van der Waals surface area contributed by atoms with Crippen LogP contribution >= 0.6 is 0 Å². The van der Waals surface area contributed by atoms with Gasteiger partial charge in [0.05, 0.1) is 11.0 Å². The van der Waals surface area contributed by atoms with Crippen molar-refractivity contribution in [1.29, 1.82) is 0 Å². The summed E-state index contributed by atoms with van der Waals surface area (Å²) in [6.45, 7) is 0. The molecule has 2 heterocycles. The Morgan fingerprint density at radius 3 is 1.13 bits per heavy atom. The molecule has 0 saturated heterocycles. The second kappa shape index (κ2) is 16.2. The highest BCUT2D eigenvalue weighted by molar-refractivity contribution is 6.22. The minimum atomic E-state index is 0.876. The molecular weight excluding hydrogens is 847 g/mol. The minimum absolute atomic E-state index is 0.876. The van der Waals surface area contributed by atoms with Crippen LogP contribution in [0.3, 0.4) is 0 Å². The van der Waals surface area contributed by atoms with Gasteiger partial charge in [-0.1, -0.05) is 212 Å². The summed E-state index contributed by atoms with van der Waals surface area (Å²) in [5.74, 6) is 0. The van der Waals surface area contributed by atoms with Gasteiger partial charge in [0.25, 0.3) is 0 Å². The SMILES string of the molecule is c1ccc(-c2cc(-c3ccccc3)c3oc4c(-c5ccc6c7ccccc7n(-c7ccc(-c8c9ccccc9c(-c9ccccc9)c9ccccc89)cc7)c6c5)cc(-c5ccccc5)cc4c3c2)cc1. The molecule has 2 nitrogen and oxygen atoms in total. The topological polar surface area (TPSA) is 18.1 Å². The van der Waals surface area contributed by atoms with Crippen LogP contribution in [-0.4, -0.2) is 4.57 Å². The van der Waals surface area contributed by atoms with E-state index in [9.17, 15) is 0 Å². The molecule has 0 aliphatic carbocycles. The maximum Gasteiger partial charge on any atom is 0.143 e. The molecule has 326 valence electrons. The normalized spacial score (nSPS) is 11.7. The van der Waals surface area contributed by atoms with Gasteiger partial charge < -0.3 is 8.98 Å². The van der Waals surface area contributed by atoms with E-state index in [1.807, 2.05) is 0 Å². The average molecular weight is 890 g/mol. The Bertz CT molecular complexity index is 4240. The highest BCUT2D eigenvalue weighted by Gasteiger charge is 2.22. The van der Waals surface area contributed by atoms with Gasteiger partial charge in [0.1, 0.15) is 11.2 Å². The Morgan fingerprint density at radius 1 is 0.229 bits per heavy atom. The summed E-state index contributed by atoms with van der Waals surface area (Å²) in [6, 6.07) is 94.8. The first-order chi connectivity index (χ1) is 34.7. The lowest BCUT2D eigenvalue weighted by Crippen LogP contribution is -1.95. The van der Waals surface area contributed by atoms with Crippen molar-refractivity contribution in [3.63, 3.8) is 0 Å².